The first kappa shape index (κ1) is 22.2. The molecule has 11 heteroatoms. The number of thiophene rings is 1. The van der Waals surface area contributed by atoms with Crippen molar-refractivity contribution < 1.29 is 18.0 Å². The van der Waals surface area contributed by atoms with Crippen molar-refractivity contribution >= 4 is 40.6 Å². The topological polar surface area (TPSA) is 78.9 Å². The van der Waals surface area contributed by atoms with E-state index in [1.54, 1.807) is 11.8 Å². The highest BCUT2D eigenvalue weighted by atomic mass is 32.2. The molecule has 4 heterocycles. The van der Waals surface area contributed by atoms with E-state index in [1.807, 2.05) is 12.3 Å². The molecule has 0 aliphatic carbocycles. The second-order valence-corrected chi connectivity index (χ2v) is 9.76. The number of alkyl halides is 3. The van der Waals surface area contributed by atoms with E-state index in [1.165, 1.54) is 28.5 Å². The molecule has 0 unspecified atom stereocenters. The first-order chi connectivity index (χ1) is 15.8. The quantitative estimate of drug-likeness (QED) is 0.463. The Labute approximate surface area is 196 Å². The van der Waals surface area contributed by atoms with Gasteiger partial charge in [0, 0.05) is 29.1 Å². The summed E-state index contributed by atoms with van der Waals surface area (Å²) >= 11 is 2.72. The lowest BCUT2D eigenvalue weighted by atomic mass is 10.0. The van der Waals surface area contributed by atoms with Gasteiger partial charge >= 0.3 is 6.18 Å². The molecule has 0 saturated carbocycles. The number of nitrogens with zero attached hydrogens (tertiary/aromatic N) is 2. The summed E-state index contributed by atoms with van der Waals surface area (Å²) in [6, 6.07) is 5.61. The number of fused-ring (bicyclic) bond motifs is 2. The minimum absolute atomic E-state index is 0.0815. The molecule has 6 nitrogen and oxygen atoms in total. The normalized spacial score (nSPS) is 15.6. The molecular formula is C22H20F3N5OS2. The number of halogens is 3. The van der Waals surface area contributed by atoms with E-state index in [9.17, 15) is 18.0 Å². The molecule has 2 aromatic heterocycles. The average Bonchev–Trinajstić information content (AvgIpc) is 3.23. The molecule has 0 bridgehead atoms. The summed E-state index contributed by atoms with van der Waals surface area (Å²) in [5.41, 5.74) is 2.44. The number of carbonyl (C=O) groups is 1. The minimum atomic E-state index is -4.62. The number of amides is 1. The molecule has 0 fully saturated rings. The van der Waals surface area contributed by atoms with Crippen LogP contribution in [0.2, 0.25) is 0 Å². The largest absolute Gasteiger partial charge is 0.420 e. The van der Waals surface area contributed by atoms with Crippen molar-refractivity contribution in [1.82, 2.24) is 20.6 Å². The lowest BCUT2D eigenvalue weighted by Gasteiger charge is -2.20. The maximum absolute atomic E-state index is 13.8. The molecule has 1 amide bonds. The monoisotopic (exact) mass is 491 g/mol. The van der Waals surface area contributed by atoms with Gasteiger partial charge in [0.15, 0.2) is 0 Å². The van der Waals surface area contributed by atoms with E-state index < -0.39 is 11.7 Å². The molecule has 2 aliphatic heterocycles. The smallest absolute Gasteiger partial charge is 0.352 e. The number of benzene rings is 1. The van der Waals surface area contributed by atoms with Crippen LogP contribution in [0.3, 0.4) is 0 Å². The van der Waals surface area contributed by atoms with Gasteiger partial charge in [-0.05, 0) is 55.0 Å². The summed E-state index contributed by atoms with van der Waals surface area (Å²) in [5.74, 6) is -0.189. The van der Waals surface area contributed by atoms with Gasteiger partial charge in [-0.15, -0.1) is 23.1 Å². The van der Waals surface area contributed by atoms with E-state index in [0.29, 0.717) is 23.4 Å². The number of nitrogens with one attached hydrogen (secondary N) is 3. The Balaban J connectivity index is 1.56. The third-order valence-corrected chi connectivity index (χ3v) is 7.65. The second-order valence-electron chi connectivity index (χ2n) is 7.78. The van der Waals surface area contributed by atoms with Crippen LogP contribution < -0.4 is 16.0 Å². The summed E-state index contributed by atoms with van der Waals surface area (Å²) in [6.45, 7) is 2.14. The van der Waals surface area contributed by atoms with Gasteiger partial charge in [-0.1, -0.05) is 0 Å². The summed E-state index contributed by atoms with van der Waals surface area (Å²) < 4.78 is 41.3. The number of thioether (sulfide) groups is 1. The van der Waals surface area contributed by atoms with Crippen LogP contribution >= 0.6 is 23.1 Å². The van der Waals surface area contributed by atoms with Gasteiger partial charge in [0.05, 0.1) is 21.8 Å². The van der Waals surface area contributed by atoms with Crippen molar-refractivity contribution in [2.24, 2.45) is 0 Å². The van der Waals surface area contributed by atoms with E-state index in [2.05, 4.69) is 32.0 Å². The summed E-state index contributed by atoms with van der Waals surface area (Å²) in [5, 5.41) is 9.19. The Hall–Kier alpha value is -2.63. The van der Waals surface area contributed by atoms with Gasteiger partial charge in [0.1, 0.15) is 5.56 Å². The Kier molecular flexibility index (Phi) is 5.79. The standard InChI is InChI=1S/C22H20F3N5OS2/c1-32-17-7-12-9-26-4-2-11(12)6-15(17)29-21-28-10-14(22(23,24)25)19(30-21)18-8-13-16(33-18)3-5-27-20(13)31/h6-8,10,26H,2-5,9H2,1H3,(H,27,31)(H,28,29,30). The zero-order chi connectivity index (χ0) is 23.2. The van der Waals surface area contributed by atoms with Crippen LogP contribution in [0.15, 0.2) is 29.3 Å². The summed E-state index contributed by atoms with van der Waals surface area (Å²) in [4.78, 5) is 22.4. The van der Waals surface area contributed by atoms with E-state index in [-0.39, 0.29) is 17.5 Å². The number of rotatable bonds is 4. The molecule has 172 valence electrons. The SMILES string of the molecule is CSc1cc2c(cc1Nc1ncc(C(F)(F)F)c(-c3cc4c(s3)CCNC4=O)n1)CCNC2. The molecule has 0 saturated heterocycles. The van der Waals surface area contributed by atoms with Crippen molar-refractivity contribution in [2.75, 3.05) is 24.7 Å². The highest BCUT2D eigenvalue weighted by Crippen LogP contribution is 2.41. The van der Waals surface area contributed by atoms with Gasteiger partial charge in [0.2, 0.25) is 5.95 Å². The first-order valence-corrected chi connectivity index (χ1v) is 12.4. The maximum atomic E-state index is 13.8. The van der Waals surface area contributed by atoms with Crippen LogP contribution in [0.4, 0.5) is 24.8 Å². The first-order valence-electron chi connectivity index (χ1n) is 10.4. The van der Waals surface area contributed by atoms with Crippen molar-refractivity contribution in [3.05, 3.63) is 51.5 Å². The molecule has 3 N–H and O–H groups in total. The van der Waals surface area contributed by atoms with E-state index in [4.69, 9.17) is 0 Å². The van der Waals surface area contributed by atoms with Crippen LogP contribution in [-0.4, -0.2) is 35.2 Å². The number of hydrogen-bond donors (Lipinski definition) is 3. The fourth-order valence-corrected chi connectivity index (χ4v) is 5.79. The van der Waals surface area contributed by atoms with Gasteiger partial charge in [0.25, 0.3) is 5.91 Å². The van der Waals surface area contributed by atoms with Crippen LogP contribution in [0.25, 0.3) is 10.6 Å². The molecule has 0 radical (unpaired) electrons. The van der Waals surface area contributed by atoms with E-state index in [0.717, 1.165) is 41.2 Å². The predicted molar refractivity (Wildman–Crippen MR) is 123 cm³/mol. The van der Waals surface area contributed by atoms with Gasteiger partial charge in [-0.2, -0.15) is 13.2 Å². The fraction of sp³-hybridized carbons (Fsp3) is 0.318. The molecule has 3 aromatic rings. The van der Waals surface area contributed by atoms with Crippen LogP contribution in [0.5, 0.6) is 0 Å². The second kappa shape index (κ2) is 8.62. The lowest BCUT2D eigenvalue weighted by molar-refractivity contribution is -0.137. The Morgan fingerprint density at radius 3 is 2.76 bits per heavy atom. The van der Waals surface area contributed by atoms with Gasteiger partial charge in [-0.25, -0.2) is 9.97 Å². The van der Waals surface area contributed by atoms with E-state index >= 15 is 0 Å². The average molecular weight is 492 g/mol. The van der Waals surface area contributed by atoms with Gasteiger partial charge in [-0.3, -0.25) is 4.79 Å². The highest BCUT2D eigenvalue weighted by molar-refractivity contribution is 7.98. The summed E-state index contributed by atoms with van der Waals surface area (Å²) in [7, 11) is 0. The maximum Gasteiger partial charge on any atom is 0.420 e. The number of anilines is 2. The lowest BCUT2D eigenvalue weighted by Crippen LogP contribution is -2.30. The number of hydrogen-bond acceptors (Lipinski definition) is 7. The fourth-order valence-electron chi connectivity index (χ4n) is 4.04. The molecule has 33 heavy (non-hydrogen) atoms. The number of carbonyl (C=O) groups excluding carboxylic acids is 1. The Bertz CT molecular complexity index is 1240. The zero-order valence-corrected chi connectivity index (χ0v) is 19.2. The minimum Gasteiger partial charge on any atom is -0.352 e. The third-order valence-electron chi connectivity index (χ3n) is 5.67. The molecule has 0 atom stereocenters. The molecule has 1 aromatic carbocycles. The zero-order valence-electron chi connectivity index (χ0n) is 17.6. The Morgan fingerprint density at radius 1 is 1.15 bits per heavy atom. The molecule has 0 spiro atoms. The van der Waals surface area contributed by atoms with Gasteiger partial charge < -0.3 is 16.0 Å². The van der Waals surface area contributed by atoms with Crippen molar-refractivity contribution in [3.8, 4) is 10.6 Å². The van der Waals surface area contributed by atoms with Crippen molar-refractivity contribution in [2.45, 2.75) is 30.5 Å². The van der Waals surface area contributed by atoms with Crippen LogP contribution in [-0.2, 0) is 25.6 Å². The van der Waals surface area contributed by atoms with Crippen molar-refractivity contribution in [1.29, 1.82) is 0 Å². The molecule has 5 rings (SSSR count). The molecule has 2 aliphatic rings. The third kappa shape index (κ3) is 4.32. The van der Waals surface area contributed by atoms with Crippen molar-refractivity contribution in [3.63, 3.8) is 0 Å². The predicted octanol–water partition coefficient (Wildman–Crippen LogP) is 4.62. The summed E-state index contributed by atoms with van der Waals surface area (Å²) in [6.07, 6.45) is -0.400. The van der Waals surface area contributed by atoms with Crippen LogP contribution in [0.1, 0.15) is 31.9 Å². The van der Waals surface area contributed by atoms with Crippen LogP contribution in [0, 0.1) is 0 Å². The molecular weight excluding hydrogens is 471 g/mol. The number of aromatic nitrogens is 2. The highest BCUT2D eigenvalue weighted by Gasteiger charge is 2.36. The Morgan fingerprint density at radius 2 is 2.00 bits per heavy atom.